The van der Waals surface area contributed by atoms with Gasteiger partial charge in [0.15, 0.2) is 0 Å². The first-order valence-electron chi connectivity index (χ1n) is 12.3. The smallest absolute Gasteiger partial charge is 0.410 e. The fraction of sp³-hybridized carbons (Fsp3) is 0.577. The number of hydrogen-bond acceptors (Lipinski definition) is 5. The Hall–Kier alpha value is -2.70. The molecule has 1 N–H and O–H groups in total. The number of carbonyl (C=O) groups excluding carboxylic acids is 1. The molecule has 4 bridgehead atoms. The number of anilines is 1. The number of aromatic nitrogens is 2. The molecule has 7 rings (SSSR count). The second-order valence-electron chi connectivity index (χ2n) is 10.8. The van der Waals surface area contributed by atoms with Gasteiger partial charge in [-0.05, 0) is 85.8 Å². The number of rotatable bonds is 5. The number of nitrogens with one attached hydrogen (secondary N) is 1. The van der Waals surface area contributed by atoms with Crippen molar-refractivity contribution in [3.63, 3.8) is 0 Å². The number of halogens is 1. The summed E-state index contributed by atoms with van der Waals surface area (Å²) in [5.74, 6) is 3.45. The van der Waals surface area contributed by atoms with Gasteiger partial charge in [-0.3, -0.25) is 0 Å². The molecule has 0 atom stereocenters. The zero-order chi connectivity index (χ0) is 22.4. The monoisotopic (exact) mass is 450 g/mol. The Morgan fingerprint density at radius 3 is 2.48 bits per heavy atom. The molecule has 4 fully saturated rings. The maximum Gasteiger partial charge on any atom is 0.410 e. The third-order valence-corrected chi connectivity index (χ3v) is 8.34. The first-order chi connectivity index (χ1) is 16.1. The molecule has 0 spiro atoms. The quantitative estimate of drug-likeness (QED) is 0.699. The lowest BCUT2D eigenvalue weighted by Crippen LogP contribution is -2.49. The van der Waals surface area contributed by atoms with Crippen LogP contribution in [0.4, 0.5) is 15.0 Å². The van der Waals surface area contributed by atoms with Crippen LogP contribution in [0.15, 0.2) is 30.6 Å². The van der Waals surface area contributed by atoms with Crippen LogP contribution in [-0.2, 0) is 24.3 Å². The minimum Gasteiger partial charge on any atom is -0.445 e. The van der Waals surface area contributed by atoms with Gasteiger partial charge < -0.3 is 15.0 Å². The summed E-state index contributed by atoms with van der Waals surface area (Å²) < 4.78 is 18.5. The highest BCUT2D eigenvalue weighted by molar-refractivity contribution is 5.68. The van der Waals surface area contributed by atoms with Crippen molar-refractivity contribution in [2.45, 2.75) is 58.1 Å². The number of fused-ring (bicyclic) bond motifs is 1. The molecular formula is C26H31FN4O2. The van der Waals surface area contributed by atoms with Crippen LogP contribution >= 0.6 is 0 Å². The molecule has 1 amide bonds. The van der Waals surface area contributed by atoms with E-state index in [1.165, 1.54) is 50.7 Å². The van der Waals surface area contributed by atoms with Crippen LogP contribution < -0.4 is 5.32 Å². The molecule has 0 radical (unpaired) electrons. The lowest BCUT2D eigenvalue weighted by molar-refractivity contribution is -0.0444. The van der Waals surface area contributed by atoms with E-state index in [0.29, 0.717) is 24.9 Å². The minimum atomic E-state index is -0.369. The second kappa shape index (κ2) is 8.26. The van der Waals surface area contributed by atoms with E-state index in [0.717, 1.165) is 46.9 Å². The van der Waals surface area contributed by atoms with Gasteiger partial charge in [-0.15, -0.1) is 0 Å². The zero-order valence-corrected chi connectivity index (χ0v) is 18.9. The fourth-order valence-corrected chi connectivity index (χ4v) is 7.26. The highest BCUT2D eigenvalue weighted by Crippen LogP contribution is 2.59. The topological polar surface area (TPSA) is 67.3 Å². The summed E-state index contributed by atoms with van der Waals surface area (Å²) in [6.45, 7) is 2.13. The van der Waals surface area contributed by atoms with Crippen molar-refractivity contribution in [1.82, 2.24) is 14.9 Å². The van der Waals surface area contributed by atoms with E-state index in [2.05, 4.69) is 15.3 Å². The first-order valence-corrected chi connectivity index (χ1v) is 12.3. The van der Waals surface area contributed by atoms with Crippen molar-refractivity contribution >= 4 is 11.9 Å². The van der Waals surface area contributed by atoms with E-state index in [4.69, 9.17) is 4.74 Å². The van der Waals surface area contributed by atoms with Crippen LogP contribution in [0.25, 0.3) is 0 Å². The van der Waals surface area contributed by atoms with Gasteiger partial charge in [0, 0.05) is 18.7 Å². The summed E-state index contributed by atoms with van der Waals surface area (Å²) in [6, 6.07) is 6.00. The molecule has 6 nitrogen and oxygen atoms in total. The third-order valence-electron chi connectivity index (χ3n) is 8.34. The summed E-state index contributed by atoms with van der Waals surface area (Å²) in [6.07, 6.45) is 10.4. The van der Waals surface area contributed by atoms with Gasteiger partial charge in [0.1, 0.15) is 24.6 Å². The molecule has 4 aliphatic carbocycles. The van der Waals surface area contributed by atoms with Crippen LogP contribution in [-0.4, -0.2) is 34.1 Å². The summed E-state index contributed by atoms with van der Waals surface area (Å²) in [5.41, 5.74) is 3.23. The minimum absolute atomic E-state index is 0.129. The molecule has 174 valence electrons. The molecule has 2 aromatic rings. The predicted octanol–water partition coefficient (Wildman–Crippen LogP) is 4.94. The Kier molecular flexibility index (Phi) is 5.23. The normalized spacial score (nSPS) is 29.6. The van der Waals surface area contributed by atoms with Crippen molar-refractivity contribution in [1.29, 1.82) is 0 Å². The van der Waals surface area contributed by atoms with Crippen molar-refractivity contribution in [2.24, 2.45) is 23.2 Å². The maximum atomic E-state index is 13.1. The summed E-state index contributed by atoms with van der Waals surface area (Å²) in [5, 5.41) is 3.71. The molecule has 0 unspecified atom stereocenters. The number of benzene rings is 1. The van der Waals surface area contributed by atoms with E-state index in [9.17, 15) is 9.18 Å². The van der Waals surface area contributed by atoms with E-state index in [1.54, 1.807) is 23.4 Å². The Bertz CT molecular complexity index is 1010. The van der Waals surface area contributed by atoms with Crippen LogP contribution in [0.1, 0.15) is 55.3 Å². The Morgan fingerprint density at radius 1 is 1.09 bits per heavy atom. The molecule has 4 saturated carbocycles. The van der Waals surface area contributed by atoms with Crippen molar-refractivity contribution in [2.75, 3.05) is 18.4 Å². The number of nitrogens with zero attached hydrogens (tertiary/aromatic N) is 3. The fourth-order valence-electron chi connectivity index (χ4n) is 7.26. The summed E-state index contributed by atoms with van der Waals surface area (Å²) in [7, 11) is 0. The molecule has 7 heteroatoms. The molecule has 33 heavy (non-hydrogen) atoms. The maximum absolute atomic E-state index is 13.1. The van der Waals surface area contributed by atoms with Gasteiger partial charge in [0.2, 0.25) is 0 Å². The zero-order valence-electron chi connectivity index (χ0n) is 18.9. The molecular weight excluding hydrogens is 419 g/mol. The van der Waals surface area contributed by atoms with Crippen molar-refractivity contribution in [3.8, 4) is 0 Å². The summed E-state index contributed by atoms with van der Waals surface area (Å²) in [4.78, 5) is 23.3. The average molecular weight is 451 g/mol. The van der Waals surface area contributed by atoms with E-state index >= 15 is 0 Å². The molecule has 1 aromatic heterocycles. The lowest BCUT2D eigenvalue weighted by Gasteiger charge is -2.57. The van der Waals surface area contributed by atoms with Gasteiger partial charge >= 0.3 is 6.09 Å². The number of amides is 1. The van der Waals surface area contributed by atoms with Crippen LogP contribution in [0, 0.1) is 29.0 Å². The van der Waals surface area contributed by atoms with Gasteiger partial charge in [0.25, 0.3) is 0 Å². The van der Waals surface area contributed by atoms with Gasteiger partial charge in [-0.1, -0.05) is 12.1 Å². The predicted molar refractivity (Wildman–Crippen MR) is 122 cm³/mol. The van der Waals surface area contributed by atoms with Gasteiger partial charge in [-0.25, -0.2) is 19.2 Å². The van der Waals surface area contributed by atoms with Crippen LogP contribution in [0.3, 0.4) is 0 Å². The third kappa shape index (κ3) is 4.18. The van der Waals surface area contributed by atoms with Crippen molar-refractivity contribution in [3.05, 3.63) is 53.2 Å². The van der Waals surface area contributed by atoms with Gasteiger partial charge in [-0.2, -0.15) is 0 Å². The van der Waals surface area contributed by atoms with Crippen LogP contribution in [0.2, 0.25) is 0 Å². The Balaban J connectivity index is 1.08. The standard InChI is InChI=1S/C26H31FN4O2/c27-21-3-1-17(2-4-21)14-33-25(32)31-6-5-22-23(13-31)29-16-30-24(22)28-15-26-10-18-7-19(11-26)9-20(8-18)12-26/h1-4,16,18-20H,5-15H2,(H,28,29,30). The number of carbonyl (C=O) groups is 1. The second-order valence-corrected chi connectivity index (χ2v) is 10.8. The highest BCUT2D eigenvalue weighted by Gasteiger charge is 2.50. The number of hydrogen-bond donors (Lipinski definition) is 1. The summed E-state index contributed by atoms with van der Waals surface area (Å²) >= 11 is 0. The molecule has 1 aliphatic heterocycles. The largest absolute Gasteiger partial charge is 0.445 e. The SMILES string of the molecule is O=C(OCc1ccc(F)cc1)N1CCc2c(ncnc2NCC23CC4CC(CC(C4)C2)C3)C1. The average Bonchev–Trinajstić information content (AvgIpc) is 2.81. The lowest BCUT2D eigenvalue weighted by atomic mass is 9.49. The number of ether oxygens (including phenoxy) is 1. The molecule has 2 heterocycles. The Labute approximate surface area is 193 Å². The van der Waals surface area contributed by atoms with E-state index < -0.39 is 0 Å². The van der Waals surface area contributed by atoms with E-state index in [1.807, 2.05) is 0 Å². The highest BCUT2D eigenvalue weighted by atomic mass is 19.1. The van der Waals surface area contributed by atoms with Crippen LogP contribution in [0.5, 0.6) is 0 Å². The van der Waals surface area contributed by atoms with Gasteiger partial charge in [0.05, 0.1) is 12.2 Å². The van der Waals surface area contributed by atoms with E-state index in [-0.39, 0.29) is 18.5 Å². The molecule has 0 saturated heterocycles. The van der Waals surface area contributed by atoms with Crippen molar-refractivity contribution < 1.29 is 13.9 Å². The Morgan fingerprint density at radius 2 is 1.79 bits per heavy atom. The molecule has 5 aliphatic rings. The first kappa shape index (κ1) is 20.9. The molecule has 1 aromatic carbocycles.